The van der Waals surface area contributed by atoms with Gasteiger partial charge in [0.05, 0.1) is 58.9 Å². The number of carboxylic acids is 1. The van der Waals surface area contributed by atoms with Crippen molar-refractivity contribution >= 4 is 29.5 Å². The normalized spacial score (nSPS) is 12.1. The van der Waals surface area contributed by atoms with Crippen LogP contribution in [0.5, 0.6) is 0 Å². The predicted molar refractivity (Wildman–Crippen MR) is 229 cm³/mol. The van der Waals surface area contributed by atoms with Gasteiger partial charge in [-0.05, 0) is 37.5 Å². The van der Waals surface area contributed by atoms with E-state index in [4.69, 9.17) is 24.1 Å². The average Bonchev–Trinajstić information content (AvgIpc) is 3.15. The Labute approximate surface area is 351 Å². The minimum absolute atomic E-state index is 0.0352. The number of hydrogen-bond acceptors (Lipinski definition) is 10. The molecule has 0 saturated carbocycles. The molecule has 0 aromatic carbocycles. The van der Waals surface area contributed by atoms with Gasteiger partial charge in [0.25, 0.3) is 0 Å². The second kappa shape index (κ2) is 38.5. The highest BCUT2D eigenvalue weighted by Gasteiger charge is 2.24. The van der Waals surface area contributed by atoms with Gasteiger partial charge in [0.15, 0.2) is 0 Å². The summed E-state index contributed by atoms with van der Waals surface area (Å²) in [7, 11) is 0. The summed E-state index contributed by atoms with van der Waals surface area (Å²) in [5.74, 6) is -0.575. The molecule has 0 aromatic rings. The number of carboxylic acid groups (broad SMARTS) is 1. The Bertz CT molecular complexity index is 1050. The van der Waals surface area contributed by atoms with E-state index in [1.807, 2.05) is 13.8 Å². The molecule has 0 aromatic heterocycles. The molecule has 0 bridgehead atoms. The number of unbranched alkanes of at least 4 members (excludes halogenated alkanes) is 12. The van der Waals surface area contributed by atoms with Crippen LogP contribution in [0.1, 0.15) is 163 Å². The van der Waals surface area contributed by atoms with Crippen LogP contribution in [0, 0.1) is 5.41 Å². The third-order valence-electron chi connectivity index (χ3n) is 9.24. The molecule has 0 aliphatic heterocycles. The third kappa shape index (κ3) is 41.5. The molecule has 0 radical (unpaired) electrons. The maximum Gasteiger partial charge on any atom is 0.303 e. The molecule has 0 rings (SSSR count). The zero-order valence-electron chi connectivity index (χ0n) is 37.2. The van der Waals surface area contributed by atoms with Crippen LogP contribution in [0.4, 0.5) is 0 Å². The molecular formula is C44H84N4O10. The van der Waals surface area contributed by atoms with Crippen molar-refractivity contribution in [3.63, 3.8) is 0 Å². The van der Waals surface area contributed by atoms with Gasteiger partial charge < -0.3 is 45.3 Å². The van der Waals surface area contributed by atoms with E-state index < -0.39 is 5.97 Å². The second-order valence-corrected chi connectivity index (χ2v) is 16.7. The molecule has 14 nitrogen and oxygen atoms in total. The first kappa shape index (κ1) is 55.4. The number of carbonyl (C=O) groups is 5. The lowest BCUT2D eigenvalue weighted by molar-refractivity contribution is -0.137. The topological polar surface area (TPSA) is 191 Å². The first-order chi connectivity index (χ1) is 27.8. The number of ketones is 1. The molecule has 58 heavy (non-hydrogen) atoms. The van der Waals surface area contributed by atoms with Gasteiger partial charge in [0, 0.05) is 57.8 Å². The minimum Gasteiger partial charge on any atom is -0.481 e. The van der Waals surface area contributed by atoms with E-state index in [0.29, 0.717) is 85.3 Å². The predicted octanol–water partition coefficient (Wildman–Crippen LogP) is 6.27. The Morgan fingerprint density at radius 2 is 0.879 bits per heavy atom. The van der Waals surface area contributed by atoms with Crippen LogP contribution in [0.25, 0.3) is 0 Å². The number of Topliss-reactive ketones (excluding diaryl/α,β-unsaturated/α-hetero) is 1. The molecule has 3 amide bonds. The molecule has 0 aliphatic carbocycles. The van der Waals surface area contributed by atoms with Crippen LogP contribution in [0.3, 0.4) is 0 Å². The number of hydrogen-bond donors (Lipinski definition) is 5. The number of nitrogens with one attached hydrogen (secondary N) is 4. The minimum atomic E-state index is -0.699. The number of amides is 3. The summed E-state index contributed by atoms with van der Waals surface area (Å²) < 4.78 is 21.9. The van der Waals surface area contributed by atoms with Crippen LogP contribution in [0.15, 0.2) is 0 Å². The van der Waals surface area contributed by atoms with Crippen LogP contribution in [-0.2, 0) is 42.9 Å². The van der Waals surface area contributed by atoms with Crippen molar-refractivity contribution in [2.75, 3.05) is 72.5 Å². The SMILES string of the molecule is CC(C)NC(CCCCNC(=O)CCOCCOCCNC(=O)CCOCCOCCNC(=O)CCCCCCCCCCCCCCC(=O)O)C(=O)CC(C)(C)C. The van der Waals surface area contributed by atoms with Gasteiger partial charge in [-0.3, -0.25) is 24.0 Å². The second-order valence-electron chi connectivity index (χ2n) is 16.7. The summed E-state index contributed by atoms with van der Waals surface area (Å²) in [6.07, 6.45) is 17.8. The van der Waals surface area contributed by atoms with Crippen molar-refractivity contribution in [1.29, 1.82) is 0 Å². The Kier molecular flexibility index (Phi) is 36.8. The standard InChI is InChI=1S/C44H84N4O10/c1-37(2)48-38(39(49)36-44(3,4)5)20-18-19-25-45-41(51)23-28-55-32-35-58-31-27-47-42(52)24-29-56-33-34-57-30-26-46-40(50)21-16-14-12-10-8-6-7-9-11-13-15-17-22-43(53)54/h37-38,48H,6-36H2,1-5H3,(H,45,51)(H,46,50)(H,47,52)(H,53,54). The molecule has 0 fully saturated rings. The van der Waals surface area contributed by atoms with Gasteiger partial charge >= 0.3 is 5.97 Å². The Hall–Kier alpha value is -2.65. The van der Waals surface area contributed by atoms with Crippen LogP contribution in [0.2, 0.25) is 0 Å². The Morgan fingerprint density at radius 1 is 0.483 bits per heavy atom. The lowest BCUT2D eigenvalue weighted by Gasteiger charge is -2.24. The van der Waals surface area contributed by atoms with Gasteiger partial charge in [-0.15, -0.1) is 0 Å². The lowest BCUT2D eigenvalue weighted by atomic mass is 9.86. The Balaban J connectivity index is 3.48. The first-order valence-corrected chi connectivity index (χ1v) is 22.4. The summed E-state index contributed by atoms with van der Waals surface area (Å²) >= 11 is 0. The molecule has 340 valence electrons. The fourth-order valence-corrected chi connectivity index (χ4v) is 6.18. The largest absolute Gasteiger partial charge is 0.481 e. The van der Waals surface area contributed by atoms with E-state index in [-0.39, 0.29) is 60.3 Å². The van der Waals surface area contributed by atoms with E-state index in [1.165, 1.54) is 38.5 Å². The maximum atomic E-state index is 12.7. The van der Waals surface area contributed by atoms with Crippen molar-refractivity contribution < 1.29 is 48.0 Å². The van der Waals surface area contributed by atoms with Crippen LogP contribution in [-0.4, -0.2) is 119 Å². The zero-order valence-corrected chi connectivity index (χ0v) is 37.2. The lowest BCUT2D eigenvalue weighted by Crippen LogP contribution is -2.42. The summed E-state index contributed by atoms with van der Waals surface area (Å²) in [6, 6.07) is 0.0885. The van der Waals surface area contributed by atoms with Gasteiger partial charge in [-0.1, -0.05) is 98.8 Å². The average molecular weight is 829 g/mol. The third-order valence-corrected chi connectivity index (χ3v) is 9.24. The van der Waals surface area contributed by atoms with Gasteiger partial charge in [0.1, 0.15) is 5.78 Å². The van der Waals surface area contributed by atoms with Crippen molar-refractivity contribution in [1.82, 2.24) is 21.3 Å². The fourth-order valence-electron chi connectivity index (χ4n) is 6.18. The van der Waals surface area contributed by atoms with E-state index in [1.54, 1.807) is 0 Å². The molecular weight excluding hydrogens is 745 g/mol. The van der Waals surface area contributed by atoms with Gasteiger partial charge in [-0.2, -0.15) is 0 Å². The highest BCUT2D eigenvalue weighted by atomic mass is 16.5. The Morgan fingerprint density at radius 3 is 1.31 bits per heavy atom. The molecule has 5 N–H and O–H groups in total. The summed E-state index contributed by atoms with van der Waals surface area (Å²) in [5, 5.41) is 20.6. The van der Waals surface area contributed by atoms with E-state index >= 15 is 0 Å². The van der Waals surface area contributed by atoms with E-state index in [9.17, 15) is 24.0 Å². The molecule has 0 spiro atoms. The number of carbonyl (C=O) groups excluding carboxylic acids is 4. The molecule has 14 heteroatoms. The molecule has 1 atom stereocenters. The van der Waals surface area contributed by atoms with Gasteiger partial charge in [-0.25, -0.2) is 0 Å². The highest BCUT2D eigenvalue weighted by molar-refractivity contribution is 5.84. The number of ether oxygens (including phenoxy) is 4. The summed E-state index contributed by atoms with van der Waals surface area (Å²) in [6.45, 7) is 14.6. The monoisotopic (exact) mass is 829 g/mol. The smallest absolute Gasteiger partial charge is 0.303 e. The van der Waals surface area contributed by atoms with Crippen LogP contribution < -0.4 is 21.3 Å². The number of rotatable bonds is 42. The highest BCUT2D eigenvalue weighted by Crippen LogP contribution is 2.21. The van der Waals surface area contributed by atoms with Crippen molar-refractivity contribution in [3.05, 3.63) is 0 Å². The zero-order chi connectivity index (χ0) is 43.1. The van der Waals surface area contributed by atoms with Gasteiger partial charge in [0.2, 0.25) is 17.7 Å². The molecule has 1 unspecified atom stereocenters. The first-order valence-electron chi connectivity index (χ1n) is 22.4. The maximum absolute atomic E-state index is 12.7. The van der Waals surface area contributed by atoms with E-state index in [2.05, 4.69) is 42.0 Å². The van der Waals surface area contributed by atoms with E-state index in [0.717, 1.165) is 57.8 Å². The van der Waals surface area contributed by atoms with Crippen molar-refractivity contribution in [3.8, 4) is 0 Å². The summed E-state index contributed by atoms with van der Waals surface area (Å²) in [5.41, 5.74) is -0.0352. The van der Waals surface area contributed by atoms with Crippen LogP contribution >= 0.6 is 0 Å². The molecule has 0 saturated heterocycles. The molecule has 0 heterocycles. The molecule has 0 aliphatic rings. The fraction of sp³-hybridized carbons (Fsp3) is 0.886. The van der Waals surface area contributed by atoms with Crippen molar-refractivity contribution in [2.45, 2.75) is 175 Å². The summed E-state index contributed by atoms with van der Waals surface area (Å²) in [4.78, 5) is 59.3. The quantitative estimate of drug-likeness (QED) is 0.0436. The number of aliphatic carboxylic acids is 1. The van der Waals surface area contributed by atoms with Crippen molar-refractivity contribution in [2.24, 2.45) is 5.41 Å².